The van der Waals surface area contributed by atoms with Gasteiger partial charge in [-0.1, -0.05) is 12.1 Å². The minimum absolute atomic E-state index is 0.0258. The highest BCUT2D eigenvalue weighted by atomic mass is 32.2. The van der Waals surface area contributed by atoms with Crippen LogP contribution in [0, 0.1) is 0 Å². The molecule has 31 heavy (non-hydrogen) atoms. The summed E-state index contributed by atoms with van der Waals surface area (Å²) in [6.07, 6.45) is 6.10. The summed E-state index contributed by atoms with van der Waals surface area (Å²) in [4.78, 5) is 8.59. The highest BCUT2D eigenvalue weighted by Gasteiger charge is 2.25. The van der Waals surface area contributed by atoms with Crippen LogP contribution in [0.25, 0.3) is 27.8 Å². The van der Waals surface area contributed by atoms with E-state index in [4.69, 9.17) is 9.47 Å². The molecule has 1 aromatic carbocycles. The van der Waals surface area contributed by atoms with Crippen LogP contribution < -0.4 is 9.47 Å². The summed E-state index contributed by atoms with van der Waals surface area (Å²) in [5.74, 6) is 1.33. The van der Waals surface area contributed by atoms with Crippen LogP contribution in [-0.4, -0.2) is 45.2 Å². The molecule has 0 N–H and O–H groups in total. The van der Waals surface area contributed by atoms with Crippen molar-refractivity contribution in [2.24, 2.45) is 0 Å². The van der Waals surface area contributed by atoms with Gasteiger partial charge in [-0.05, 0) is 35.9 Å². The fourth-order valence-electron chi connectivity index (χ4n) is 3.65. The standard InChI is InChI=1S/C21H15N5O4S/c27-31(28,21-13-23-20-3-1-2-6-25(20)21)26-17-9-15(11-22-16(17)12-24-26)14-4-5-18-19(10-14)30-8-7-29-18/h1-6,9-13H,7-8H2. The Kier molecular flexibility index (Phi) is 3.78. The Morgan fingerprint density at radius 2 is 1.74 bits per heavy atom. The van der Waals surface area contributed by atoms with E-state index in [1.807, 2.05) is 18.2 Å². The lowest BCUT2D eigenvalue weighted by Gasteiger charge is -2.18. The summed E-state index contributed by atoms with van der Waals surface area (Å²) in [6, 6.07) is 12.6. The Labute approximate surface area is 176 Å². The van der Waals surface area contributed by atoms with Gasteiger partial charge in [0.1, 0.15) is 29.9 Å². The third kappa shape index (κ3) is 2.76. The van der Waals surface area contributed by atoms with Gasteiger partial charge >= 0.3 is 10.0 Å². The molecule has 154 valence electrons. The first-order valence-electron chi connectivity index (χ1n) is 9.53. The molecule has 6 rings (SSSR count). The summed E-state index contributed by atoms with van der Waals surface area (Å²) in [5.41, 5.74) is 2.95. The molecule has 5 heterocycles. The number of pyridine rings is 2. The lowest BCUT2D eigenvalue weighted by Crippen LogP contribution is -2.16. The summed E-state index contributed by atoms with van der Waals surface area (Å²) >= 11 is 0. The molecule has 10 heteroatoms. The fourth-order valence-corrected chi connectivity index (χ4v) is 4.99. The largest absolute Gasteiger partial charge is 0.486 e. The van der Waals surface area contributed by atoms with E-state index in [1.165, 1.54) is 16.8 Å². The maximum Gasteiger partial charge on any atom is 0.301 e. The zero-order chi connectivity index (χ0) is 21.0. The zero-order valence-corrected chi connectivity index (χ0v) is 16.9. The number of hydrogen-bond acceptors (Lipinski definition) is 7. The Morgan fingerprint density at radius 3 is 2.65 bits per heavy atom. The van der Waals surface area contributed by atoms with Gasteiger partial charge in [0.2, 0.25) is 0 Å². The highest BCUT2D eigenvalue weighted by molar-refractivity contribution is 7.90. The number of benzene rings is 1. The Morgan fingerprint density at radius 1 is 0.871 bits per heavy atom. The first-order chi connectivity index (χ1) is 15.1. The molecule has 0 saturated heterocycles. The summed E-state index contributed by atoms with van der Waals surface area (Å²) in [6.45, 7) is 0.998. The van der Waals surface area contributed by atoms with E-state index in [-0.39, 0.29) is 5.03 Å². The number of aromatic nitrogens is 5. The minimum Gasteiger partial charge on any atom is -0.486 e. The molecule has 0 radical (unpaired) electrons. The van der Waals surface area contributed by atoms with Gasteiger partial charge in [-0.3, -0.25) is 9.38 Å². The average Bonchev–Trinajstić information content (AvgIpc) is 3.43. The molecule has 0 aliphatic carbocycles. The van der Waals surface area contributed by atoms with Crippen molar-refractivity contribution < 1.29 is 17.9 Å². The van der Waals surface area contributed by atoms with Crippen LogP contribution in [0.3, 0.4) is 0 Å². The van der Waals surface area contributed by atoms with Gasteiger partial charge in [-0.25, -0.2) is 4.98 Å². The number of imidazole rings is 1. The third-order valence-corrected chi connectivity index (χ3v) is 6.72. The lowest BCUT2D eigenvalue weighted by molar-refractivity contribution is 0.171. The number of ether oxygens (including phenoxy) is 2. The van der Waals surface area contributed by atoms with Gasteiger partial charge in [0.05, 0.1) is 12.4 Å². The van der Waals surface area contributed by atoms with E-state index in [9.17, 15) is 8.42 Å². The smallest absolute Gasteiger partial charge is 0.301 e. The number of hydrogen-bond donors (Lipinski definition) is 0. The monoisotopic (exact) mass is 433 g/mol. The molecule has 0 fully saturated rings. The van der Waals surface area contributed by atoms with Crippen molar-refractivity contribution in [1.82, 2.24) is 23.6 Å². The Hall–Kier alpha value is -3.92. The van der Waals surface area contributed by atoms with Gasteiger partial charge < -0.3 is 9.47 Å². The van der Waals surface area contributed by atoms with Crippen molar-refractivity contribution >= 4 is 26.7 Å². The molecule has 4 aromatic heterocycles. The zero-order valence-electron chi connectivity index (χ0n) is 16.0. The molecule has 0 amide bonds. The first kappa shape index (κ1) is 17.9. The van der Waals surface area contributed by atoms with Gasteiger partial charge in [-0.2, -0.15) is 17.6 Å². The quantitative estimate of drug-likeness (QED) is 0.431. The normalized spacial score (nSPS) is 13.7. The van der Waals surface area contributed by atoms with E-state index in [2.05, 4.69) is 15.1 Å². The Bertz CT molecular complexity index is 1570. The predicted molar refractivity (Wildman–Crippen MR) is 112 cm³/mol. The van der Waals surface area contributed by atoms with Crippen molar-refractivity contribution in [3.8, 4) is 22.6 Å². The van der Waals surface area contributed by atoms with Crippen molar-refractivity contribution in [1.29, 1.82) is 0 Å². The molecular formula is C21H15N5O4S. The van der Waals surface area contributed by atoms with Crippen LogP contribution in [-0.2, 0) is 10.0 Å². The van der Waals surface area contributed by atoms with E-state index < -0.39 is 10.0 Å². The van der Waals surface area contributed by atoms with Crippen LogP contribution in [0.2, 0.25) is 0 Å². The third-order valence-electron chi connectivity index (χ3n) is 5.14. The van der Waals surface area contributed by atoms with Crippen molar-refractivity contribution in [2.45, 2.75) is 5.03 Å². The molecule has 1 aliphatic rings. The Balaban J connectivity index is 1.49. The average molecular weight is 433 g/mol. The van der Waals surface area contributed by atoms with Gasteiger partial charge in [0.25, 0.3) is 0 Å². The molecule has 5 aromatic rings. The molecule has 0 spiro atoms. The van der Waals surface area contributed by atoms with E-state index in [0.717, 1.165) is 15.2 Å². The molecule has 9 nitrogen and oxygen atoms in total. The number of fused-ring (bicyclic) bond motifs is 3. The molecule has 0 saturated carbocycles. The SMILES string of the molecule is O=S(=O)(c1cnc2ccccn12)n1ncc2ncc(-c3ccc4c(c3)OCCO4)cc21. The molecule has 0 bridgehead atoms. The second-order valence-corrected chi connectivity index (χ2v) is 8.72. The lowest BCUT2D eigenvalue weighted by atomic mass is 10.1. The minimum atomic E-state index is -4.00. The summed E-state index contributed by atoms with van der Waals surface area (Å²) < 4.78 is 40.5. The maximum absolute atomic E-state index is 13.4. The van der Waals surface area contributed by atoms with Crippen molar-refractivity contribution in [3.63, 3.8) is 0 Å². The van der Waals surface area contributed by atoms with E-state index in [1.54, 1.807) is 36.7 Å². The van der Waals surface area contributed by atoms with Crippen LogP contribution in [0.1, 0.15) is 0 Å². The number of nitrogens with zero attached hydrogens (tertiary/aromatic N) is 5. The van der Waals surface area contributed by atoms with Crippen LogP contribution in [0.5, 0.6) is 11.5 Å². The molecule has 0 atom stereocenters. The second-order valence-electron chi connectivity index (χ2n) is 7.00. The van der Waals surface area contributed by atoms with Gasteiger partial charge in [-0.15, -0.1) is 0 Å². The maximum atomic E-state index is 13.4. The summed E-state index contributed by atoms with van der Waals surface area (Å²) in [5, 5.41) is 4.14. The fraction of sp³-hybridized carbons (Fsp3) is 0.0952. The van der Waals surface area contributed by atoms with Crippen molar-refractivity contribution in [3.05, 3.63) is 67.3 Å². The van der Waals surface area contributed by atoms with Crippen LogP contribution >= 0.6 is 0 Å². The highest BCUT2D eigenvalue weighted by Crippen LogP contribution is 2.35. The van der Waals surface area contributed by atoms with E-state index >= 15 is 0 Å². The summed E-state index contributed by atoms with van der Waals surface area (Å²) in [7, 11) is -4.00. The van der Waals surface area contributed by atoms with E-state index in [0.29, 0.717) is 41.4 Å². The molecule has 0 unspecified atom stereocenters. The van der Waals surface area contributed by atoms with Crippen molar-refractivity contribution in [2.75, 3.05) is 13.2 Å². The first-order valence-corrected chi connectivity index (χ1v) is 11.0. The van der Waals surface area contributed by atoms with Gasteiger partial charge in [0.15, 0.2) is 16.5 Å². The number of rotatable bonds is 3. The van der Waals surface area contributed by atoms with Gasteiger partial charge in [0, 0.05) is 18.0 Å². The topological polar surface area (TPSA) is 101 Å². The second kappa shape index (κ2) is 6.54. The van der Waals surface area contributed by atoms with Crippen LogP contribution in [0.15, 0.2) is 72.3 Å². The molecule has 1 aliphatic heterocycles. The predicted octanol–water partition coefficient (Wildman–Crippen LogP) is 2.75. The molecular weight excluding hydrogens is 418 g/mol. The van der Waals surface area contributed by atoms with Crippen LogP contribution in [0.4, 0.5) is 0 Å².